The van der Waals surface area contributed by atoms with Crippen LogP contribution >= 0.6 is 0 Å². The van der Waals surface area contributed by atoms with Crippen LogP contribution in [0.4, 0.5) is 18.9 Å². The Labute approximate surface area is 186 Å². The molecule has 0 fully saturated rings. The minimum absolute atomic E-state index is 0.0181. The van der Waals surface area contributed by atoms with Crippen molar-refractivity contribution in [3.8, 4) is 28.7 Å². The van der Waals surface area contributed by atoms with E-state index in [1.807, 2.05) is 6.07 Å². The van der Waals surface area contributed by atoms with Gasteiger partial charge in [0.15, 0.2) is 11.4 Å². The summed E-state index contributed by atoms with van der Waals surface area (Å²) >= 11 is 0. The molecule has 10 heteroatoms. The van der Waals surface area contributed by atoms with Gasteiger partial charge in [-0.1, -0.05) is 30.3 Å². The maximum Gasteiger partial charge on any atom is 0.435 e. The fourth-order valence-electron chi connectivity index (χ4n) is 3.40. The first-order chi connectivity index (χ1) is 15.7. The molecule has 0 aliphatic rings. The number of para-hydroxylation sites is 1. The van der Waals surface area contributed by atoms with Crippen molar-refractivity contribution in [3.05, 3.63) is 83.8 Å². The number of methoxy groups -OCH3 is 1. The predicted octanol–water partition coefficient (Wildman–Crippen LogP) is 4.59. The molecule has 0 bridgehead atoms. The van der Waals surface area contributed by atoms with E-state index in [2.05, 4.69) is 5.10 Å². The first-order valence-corrected chi connectivity index (χ1v) is 9.57. The molecule has 0 aliphatic carbocycles. The van der Waals surface area contributed by atoms with Crippen molar-refractivity contribution in [1.29, 1.82) is 5.26 Å². The van der Waals surface area contributed by atoms with E-state index in [0.29, 0.717) is 16.9 Å². The highest BCUT2D eigenvalue weighted by atomic mass is 19.4. The number of hydrogen-bond donors (Lipinski definition) is 1. The van der Waals surface area contributed by atoms with Gasteiger partial charge in [-0.3, -0.25) is 0 Å². The number of esters is 1. The Hall–Kier alpha value is -4.52. The second-order valence-corrected chi connectivity index (χ2v) is 6.99. The third-order valence-corrected chi connectivity index (χ3v) is 4.99. The van der Waals surface area contributed by atoms with Crippen molar-refractivity contribution in [3.63, 3.8) is 0 Å². The number of benzene rings is 2. The minimum Gasteiger partial charge on any atom is -0.464 e. The van der Waals surface area contributed by atoms with Crippen LogP contribution in [-0.4, -0.2) is 27.4 Å². The standard InChI is InChI=1S/C23H16F3N5O2/c1-33-22(32)21-20(28)15(12-27)13-30(21)16-9-7-14(8-10-16)18-11-19(23(24,25)26)29-31(18)17-5-3-2-4-6-17/h2-11,13H,28H2,1H3. The number of alkyl halides is 3. The van der Waals surface area contributed by atoms with Crippen molar-refractivity contribution < 1.29 is 22.7 Å². The van der Waals surface area contributed by atoms with Gasteiger partial charge in [-0.05, 0) is 30.3 Å². The topological polar surface area (TPSA) is 98.9 Å². The first-order valence-electron chi connectivity index (χ1n) is 9.57. The molecule has 0 saturated carbocycles. The highest BCUT2D eigenvalue weighted by Gasteiger charge is 2.35. The Bertz CT molecular complexity index is 1360. The summed E-state index contributed by atoms with van der Waals surface area (Å²) in [4.78, 5) is 12.2. The number of halogens is 3. The van der Waals surface area contributed by atoms with Crippen molar-refractivity contribution in [2.45, 2.75) is 6.18 Å². The zero-order valence-corrected chi connectivity index (χ0v) is 17.2. The van der Waals surface area contributed by atoms with Gasteiger partial charge in [0.25, 0.3) is 0 Å². The van der Waals surface area contributed by atoms with Crippen LogP contribution in [-0.2, 0) is 10.9 Å². The summed E-state index contributed by atoms with van der Waals surface area (Å²) in [7, 11) is 1.19. The molecule has 4 aromatic rings. The van der Waals surface area contributed by atoms with Crippen LogP contribution in [0.2, 0.25) is 0 Å². The lowest BCUT2D eigenvalue weighted by atomic mass is 10.1. The molecule has 2 N–H and O–H groups in total. The Morgan fingerprint density at radius 2 is 1.76 bits per heavy atom. The number of anilines is 1. The Balaban J connectivity index is 1.82. The average molecular weight is 451 g/mol. The number of nitrogens with zero attached hydrogens (tertiary/aromatic N) is 4. The lowest BCUT2D eigenvalue weighted by molar-refractivity contribution is -0.141. The lowest BCUT2D eigenvalue weighted by Crippen LogP contribution is -2.11. The fourth-order valence-corrected chi connectivity index (χ4v) is 3.40. The third kappa shape index (κ3) is 3.92. The number of nitrogen functional groups attached to an aromatic ring is 1. The average Bonchev–Trinajstić information content (AvgIpc) is 3.41. The van der Waals surface area contributed by atoms with Gasteiger partial charge in [-0.15, -0.1) is 0 Å². The molecular weight excluding hydrogens is 435 g/mol. The molecule has 0 radical (unpaired) electrons. The molecule has 2 aromatic carbocycles. The normalized spacial score (nSPS) is 11.2. The van der Waals surface area contributed by atoms with Crippen LogP contribution in [0.15, 0.2) is 66.9 Å². The quantitative estimate of drug-likeness (QED) is 0.458. The van der Waals surface area contributed by atoms with E-state index in [1.165, 1.54) is 22.6 Å². The van der Waals surface area contributed by atoms with E-state index in [9.17, 15) is 23.2 Å². The Morgan fingerprint density at radius 3 is 2.33 bits per heavy atom. The summed E-state index contributed by atoms with van der Waals surface area (Å²) in [5, 5.41) is 13.0. The van der Waals surface area contributed by atoms with E-state index in [1.54, 1.807) is 54.6 Å². The van der Waals surface area contributed by atoms with E-state index in [-0.39, 0.29) is 22.6 Å². The minimum atomic E-state index is -4.61. The molecule has 0 saturated heterocycles. The van der Waals surface area contributed by atoms with E-state index in [0.717, 1.165) is 6.07 Å². The van der Waals surface area contributed by atoms with E-state index >= 15 is 0 Å². The molecule has 0 spiro atoms. The molecule has 33 heavy (non-hydrogen) atoms. The summed E-state index contributed by atoms with van der Waals surface area (Å²) < 4.78 is 47.5. The van der Waals surface area contributed by atoms with E-state index < -0.39 is 17.8 Å². The Morgan fingerprint density at radius 1 is 1.09 bits per heavy atom. The van der Waals surface area contributed by atoms with Gasteiger partial charge in [0.1, 0.15) is 6.07 Å². The fraction of sp³-hybridized carbons (Fsp3) is 0.0870. The molecule has 0 aliphatic heterocycles. The van der Waals surface area contributed by atoms with Crippen LogP contribution in [0.25, 0.3) is 22.6 Å². The van der Waals surface area contributed by atoms with Crippen molar-refractivity contribution in [2.24, 2.45) is 0 Å². The van der Waals surface area contributed by atoms with Gasteiger partial charge < -0.3 is 15.0 Å². The first kappa shape index (κ1) is 21.7. The largest absolute Gasteiger partial charge is 0.464 e. The predicted molar refractivity (Wildman–Crippen MR) is 114 cm³/mol. The molecule has 7 nitrogen and oxygen atoms in total. The number of rotatable bonds is 4. The summed E-state index contributed by atoms with van der Waals surface area (Å²) in [6.07, 6.45) is -3.22. The monoisotopic (exact) mass is 451 g/mol. The van der Waals surface area contributed by atoms with Gasteiger partial charge in [0.05, 0.1) is 29.7 Å². The smallest absolute Gasteiger partial charge is 0.435 e. The number of nitrogens with two attached hydrogens (primary N) is 1. The van der Waals surface area contributed by atoms with Gasteiger partial charge in [0, 0.05) is 17.4 Å². The van der Waals surface area contributed by atoms with Gasteiger partial charge in [-0.2, -0.15) is 23.5 Å². The van der Waals surface area contributed by atoms with Gasteiger partial charge in [0.2, 0.25) is 0 Å². The zero-order valence-electron chi connectivity index (χ0n) is 17.2. The number of ether oxygens (including phenoxy) is 1. The molecule has 4 rings (SSSR count). The lowest BCUT2D eigenvalue weighted by Gasteiger charge is -2.11. The van der Waals surface area contributed by atoms with Crippen LogP contribution in [0, 0.1) is 11.3 Å². The maximum absolute atomic E-state index is 13.4. The Kier molecular flexibility index (Phi) is 5.39. The molecule has 0 atom stereocenters. The molecule has 2 heterocycles. The summed E-state index contributed by atoms with van der Waals surface area (Å²) in [5.41, 5.74) is 6.58. The second kappa shape index (κ2) is 8.20. The summed E-state index contributed by atoms with van der Waals surface area (Å²) in [6.45, 7) is 0. The molecule has 2 aromatic heterocycles. The van der Waals surface area contributed by atoms with Crippen LogP contribution in [0.1, 0.15) is 21.7 Å². The molecule has 0 amide bonds. The molecule has 166 valence electrons. The number of nitriles is 1. The van der Waals surface area contributed by atoms with Crippen molar-refractivity contribution >= 4 is 11.7 Å². The SMILES string of the molecule is COC(=O)c1c(N)c(C#N)cn1-c1ccc(-c2cc(C(F)(F)F)nn2-c2ccccc2)cc1. The number of carbonyl (C=O) groups excluding carboxylic acids is 1. The highest BCUT2D eigenvalue weighted by molar-refractivity contribution is 5.96. The van der Waals surface area contributed by atoms with Crippen LogP contribution < -0.4 is 5.73 Å². The van der Waals surface area contributed by atoms with E-state index in [4.69, 9.17) is 10.5 Å². The summed E-state index contributed by atoms with van der Waals surface area (Å²) in [5.74, 6) is -0.727. The second-order valence-electron chi connectivity index (χ2n) is 6.99. The molecule has 0 unspecified atom stereocenters. The molecular formula is C23H16F3N5O2. The number of aromatic nitrogens is 3. The number of carbonyl (C=O) groups is 1. The van der Waals surface area contributed by atoms with Crippen molar-refractivity contribution in [2.75, 3.05) is 12.8 Å². The third-order valence-electron chi connectivity index (χ3n) is 4.99. The highest BCUT2D eigenvalue weighted by Crippen LogP contribution is 2.34. The van der Waals surface area contributed by atoms with Crippen molar-refractivity contribution in [1.82, 2.24) is 14.3 Å². The zero-order chi connectivity index (χ0) is 23.8. The summed E-state index contributed by atoms with van der Waals surface area (Å²) in [6, 6.07) is 17.7. The van der Waals surface area contributed by atoms with Gasteiger partial charge >= 0.3 is 12.1 Å². The maximum atomic E-state index is 13.4. The van der Waals surface area contributed by atoms with Gasteiger partial charge in [-0.25, -0.2) is 9.48 Å². The number of hydrogen-bond acceptors (Lipinski definition) is 5. The van der Waals surface area contributed by atoms with Crippen LogP contribution in [0.3, 0.4) is 0 Å². The van der Waals surface area contributed by atoms with Crippen LogP contribution in [0.5, 0.6) is 0 Å².